The SMILES string of the molecule is C1=NC(C2CCCC2)N=C1. The zero-order chi connectivity index (χ0) is 6.81. The molecule has 10 heavy (non-hydrogen) atoms. The summed E-state index contributed by atoms with van der Waals surface area (Å²) in [6, 6.07) is 0. The first kappa shape index (κ1) is 6.08. The molecule has 0 bridgehead atoms. The van der Waals surface area contributed by atoms with Gasteiger partial charge in [-0.15, -0.1) is 0 Å². The summed E-state index contributed by atoms with van der Waals surface area (Å²) in [5.74, 6) is 0.759. The molecule has 1 saturated carbocycles. The van der Waals surface area contributed by atoms with Gasteiger partial charge in [-0.25, -0.2) is 0 Å². The van der Waals surface area contributed by atoms with E-state index in [1.807, 2.05) is 12.4 Å². The van der Waals surface area contributed by atoms with E-state index in [2.05, 4.69) is 9.98 Å². The highest BCUT2D eigenvalue weighted by molar-refractivity contribution is 6.17. The highest BCUT2D eigenvalue weighted by Crippen LogP contribution is 2.30. The summed E-state index contributed by atoms with van der Waals surface area (Å²) < 4.78 is 0. The van der Waals surface area contributed by atoms with Crippen LogP contribution in [0.25, 0.3) is 0 Å². The Hall–Kier alpha value is -0.660. The minimum Gasteiger partial charge on any atom is -0.265 e. The Bertz CT molecular complexity index is 154. The van der Waals surface area contributed by atoms with Crippen molar-refractivity contribution >= 4 is 12.4 Å². The minimum atomic E-state index is 0.294. The van der Waals surface area contributed by atoms with Gasteiger partial charge in [-0.1, -0.05) is 12.8 Å². The van der Waals surface area contributed by atoms with Crippen LogP contribution in [-0.4, -0.2) is 18.6 Å². The topological polar surface area (TPSA) is 24.7 Å². The van der Waals surface area contributed by atoms with Crippen LogP contribution >= 0.6 is 0 Å². The van der Waals surface area contributed by atoms with Gasteiger partial charge in [0, 0.05) is 18.3 Å². The summed E-state index contributed by atoms with van der Waals surface area (Å²) in [4.78, 5) is 8.54. The summed E-state index contributed by atoms with van der Waals surface area (Å²) in [6.07, 6.45) is 9.37. The van der Waals surface area contributed by atoms with E-state index in [-0.39, 0.29) is 0 Å². The second-order valence-corrected chi connectivity index (χ2v) is 3.05. The van der Waals surface area contributed by atoms with E-state index < -0.39 is 0 Å². The van der Waals surface area contributed by atoms with E-state index in [1.54, 1.807) is 0 Å². The third-order valence-electron chi connectivity index (χ3n) is 2.37. The van der Waals surface area contributed by atoms with Crippen LogP contribution in [0.3, 0.4) is 0 Å². The molecule has 0 spiro atoms. The first-order valence-electron chi connectivity index (χ1n) is 4.02. The number of rotatable bonds is 1. The van der Waals surface area contributed by atoms with Crippen LogP contribution in [0.1, 0.15) is 25.7 Å². The number of nitrogens with zero attached hydrogens (tertiary/aromatic N) is 2. The van der Waals surface area contributed by atoms with Crippen molar-refractivity contribution in [3.05, 3.63) is 0 Å². The molecule has 2 rings (SSSR count). The Morgan fingerprint density at radius 1 is 1.00 bits per heavy atom. The summed E-state index contributed by atoms with van der Waals surface area (Å²) in [6.45, 7) is 0. The maximum absolute atomic E-state index is 4.27. The average molecular weight is 136 g/mol. The molecular weight excluding hydrogens is 124 g/mol. The molecule has 1 heterocycles. The molecule has 0 radical (unpaired) electrons. The Balaban J connectivity index is 1.98. The average Bonchev–Trinajstić information content (AvgIpc) is 2.59. The Labute approximate surface area is 61.1 Å². The fourth-order valence-electron chi connectivity index (χ4n) is 1.79. The molecule has 0 N–H and O–H groups in total. The van der Waals surface area contributed by atoms with Crippen molar-refractivity contribution in [1.82, 2.24) is 0 Å². The van der Waals surface area contributed by atoms with Gasteiger partial charge >= 0.3 is 0 Å². The summed E-state index contributed by atoms with van der Waals surface area (Å²) in [5, 5.41) is 0. The van der Waals surface area contributed by atoms with Crippen LogP contribution in [0.4, 0.5) is 0 Å². The lowest BCUT2D eigenvalue weighted by Crippen LogP contribution is -2.10. The molecule has 0 atom stereocenters. The van der Waals surface area contributed by atoms with Crippen LogP contribution < -0.4 is 0 Å². The quantitative estimate of drug-likeness (QED) is 0.523. The van der Waals surface area contributed by atoms with E-state index in [4.69, 9.17) is 0 Å². The van der Waals surface area contributed by atoms with Gasteiger partial charge in [0.05, 0.1) is 0 Å². The summed E-state index contributed by atoms with van der Waals surface area (Å²) in [7, 11) is 0. The maximum Gasteiger partial charge on any atom is 0.142 e. The van der Waals surface area contributed by atoms with E-state index in [9.17, 15) is 0 Å². The van der Waals surface area contributed by atoms with E-state index in [0.29, 0.717) is 6.17 Å². The van der Waals surface area contributed by atoms with Gasteiger partial charge in [0.25, 0.3) is 0 Å². The summed E-state index contributed by atoms with van der Waals surface area (Å²) in [5.41, 5.74) is 0. The summed E-state index contributed by atoms with van der Waals surface area (Å²) >= 11 is 0. The molecule has 2 aliphatic rings. The molecule has 0 aromatic carbocycles. The molecule has 0 aromatic heterocycles. The Morgan fingerprint density at radius 2 is 1.60 bits per heavy atom. The molecule has 0 aromatic rings. The van der Waals surface area contributed by atoms with E-state index in [0.717, 1.165) is 5.92 Å². The maximum atomic E-state index is 4.27. The molecular formula is C8H12N2. The molecule has 0 amide bonds. The van der Waals surface area contributed by atoms with E-state index in [1.165, 1.54) is 25.7 Å². The van der Waals surface area contributed by atoms with Crippen molar-refractivity contribution < 1.29 is 0 Å². The lowest BCUT2D eigenvalue weighted by molar-refractivity contribution is 0.453. The fraction of sp³-hybridized carbons (Fsp3) is 0.750. The highest BCUT2D eigenvalue weighted by Gasteiger charge is 2.23. The molecule has 54 valence electrons. The normalized spacial score (nSPS) is 26.8. The highest BCUT2D eigenvalue weighted by atomic mass is 15.0. The third kappa shape index (κ3) is 0.981. The smallest absolute Gasteiger partial charge is 0.142 e. The first-order chi connectivity index (χ1) is 4.97. The second-order valence-electron chi connectivity index (χ2n) is 3.05. The zero-order valence-electron chi connectivity index (χ0n) is 6.03. The molecule has 0 saturated heterocycles. The van der Waals surface area contributed by atoms with Gasteiger partial charge in [0.2, 0.25) is 0 Å². The minimum absolute atomic E-state index is 0.294. The van der Waals surface area contributed by atoms with Gasteiger partial charge in [0.15, 0.2) is 0 Å². The predicted molar refractivity (Wildman–Crippen MR) is 42.7 cm³/mol. The molecule has 2 heteroatoms. The standard InChI is InChI=1S/C8H12N2/c1-2-4-7(3-1)8-9-5-6-10-8/h5-8H,1-4H2. The Morgan fingerprint density at radius 3 is 2.20 bits per heavy atom. The molecule has 1 aliphatic heterocycles. The number of hydrogen-bond acceptors (Lipinski definition) is 2. The zero-order valence-corrected chi connectivity index (χ0v) is 6.03. The van der Waals surface area contributed by atoms with Gasteiger partial charge in [0.1, 0.15) is 6.17 Å². The predicted octanol–water partition coefficient (Wildman–Crippen LogP) is 1.66. The fourth-order valence-corrected chi connectivity index (χ4v) is 1.79. The largest absolute Gasteiger partial charge is 0.265 e. The van der Waals surface area contributed by atoms with Crippen LogP contribution in [0.2, 0.25) is 0 Å². The van der Waals surface area contributed by atoms with Crippen LogP contribution in [-0.2, 0) is 0 Å². The number of aliphatic imine (C=N–C) groups is 2. The lowest BCUT2D eigenvalue weighted by atomic mass is 10.1. The monoisotopic (exact) mass is 136 g/mol. The van der Waals surface area contributed by atoms with Crippen LogP contribution in [0.15, 0.2) is 9.98 Å². The van der Waals surface area contributed by atoms with Gasteiger partial charge < -0.3 is 0 Å². The van der Waals surface area contributed by atoms with Crippen LogP contribution in [0, 0.1) is 5.92 Å². The second kappa shape index (κ2) is 2.52. The lowest BCUT2D eigenvalue weighted by Gasteiger charge is -2.10. The van der Waals surface area contributed by atoms with Crippen molar-refractivity contribution in [1.29, 1.82) is 0 Å². The van der Waals surface area contributed by atoms with Crippen molar-refractivity contribution in [2.75, 3.05) is 0 Å². The van der Waals surface area contributed by atoms with E-state index >= 15 is 0 Å². The molecule has 0 unspecified atom stereocenters. The molecule has 1 fully saturated rings. The van der Waals surface area contributed by atoms with Crippen molar-refractivity contribution in [2.24, 2.45) is 15.9 Å². The van der Waals surface area contributed by atoms with Crippen molar-refractivity contribution in [3.63, 3.8) is 0 Å². The third-order valence-corrected chi connectivity index (χ3v) is 2.37. The molecule has 1 aliphatic carbocycles. The van der Waals surface area contributed by atoms with Gasteiger partial charge in [-0.2, -0.15) is 0 Å². The number of hydrogen-bond donors (Lipinski definition) is 0. The first-order valence-corrected chi connectivity index (χ1v) is 4.02. The Kier molecular flexibility index (Phi) is 1.53. The van der Waals surface area contributed by atoms with Crippen molar-refractivity contribution in [3.8, 4) is 0 Å². The van der Waals surface area contributed by atoms with Gasteiger partial charge in [-0.3, -0.25) is 9.98 Å². The van der Waals surface area contributed by atoms with Crippen molar-refractivity contribution in [2.45, 2.75) is 31.8 Å². The van der Waals surface area contributed by atoms with Crippen LogP contribution in [0.5, 0.6) is 0 Å². The molecule has 2 nitrogen and oxygen atoms in total. The van der Waals surface area contributed by atoms with Gasteiger partial charge in [-0.05, 0) is 12.8 Å².